The summed E-state index contributed by atoms with van der Waals surface area (Å²) in [5.41, 5.74) is 3.89. The van der Waals surface area contributed by atoms with Gasteiger partial charge in [-0.25, -0.2) is 19.7 Å². The number of ether oxygens (including phenoxy) is 3. The van der Waals surface area contributed by atoms with E-state index in [0.29, 0.717) is 30.3 Å². The molecule has 19 nitrogen and oxygen atoms in total. The second-order valence-corrected chi connectivity index (χ2v) is 38.0. The van der Waals surface area contributed by atoms with Gasteiger partial charge in [-0.05, 0) is 118 Å². The normalized spacial score (nSPS) is 16.1. The van der Waals surface area contributed by atoms with E-state index in [4.69, 9.17) is 35.8 Å². The average molecular weight is 1320 g/mol. The van der Waals surface area contributed by atoms with Gasteiger partial charge < -0.3 is 30.3 Å². The second-order valence-electron chi connectivity index (χ2n) is 24.5. The number of rotatable bonds is 22. The van der Waals surface area contributed by atoms with E-state index in [0.717, 1.165) is 75.7 Å². The summed E-state index contributed by atoms with van der Waals surface area (Å²) < 4.78 is 22.4. The monoisotopic (exact) mass is 1320 g/mol. The third kappa shape index (κ3) is 18.0. The van der Waals surface area contributed by atoms with Crippen molar-refractivity contribution < 1.29 is 28.9 Å². The van der Waals surface area contributed by atoms with Crippen LogP contribution in [-0.2, 0) is 25.2 Å². The summed E-state index contributed by atoms with van der Waals surface area (Å²) in [5, 5.41) is 32.1. The van der Waals surface area contributed by atoms with E-state index in [9.17, 15) is 25.0 Å². The van der Waals surface area contributed by atoms with E-state index in [1.807, 2.05) is 63.2 Å². The Morgan fingerprint density at radius 1 is 0.621 bits per heavy atom. The molecular weight excluding hydrogens is 1230 g/mol. The zero-order chi connectivity index (χ0) is 62.0. The number of unbranched alkanes of at least 4 members (excludes halogenated alkanes) is 3. The number of anilines is 6. The fourth-order valence-corrected chi connectivity index (χ4v) is 27.2. The Hall–Kier alpha value is -6.68. The van der Waals surface area contributed by atoms with Gasteiger partial charge in [-0.3, -0.25) is 20.2 Å². The zero-order valence-corrected chi connectivity index (χ0v) is 55.5. The van der Waals surface area contributed by atoms with Crippen LogP contribution >= 0.6 is 11.6 Å². The van der Waals surface area contributed by atoms with Crippen LogP contribution in [0.5, 0.6) is 0 Å². The molecule has 2 aliphatic heterocycles. The maximum absolute atomic E-state index is 12.3. The maximum atomic E-state index is 12.3. The summed E-state index contributed by atoms with van der Waals surface area (Å²) in [6.45, 7) is 21.3. The predicted octanol–water partition coefficient (Wildman–Crippen LogP) is 15.3. The Morgan fingerprint density at radius 2 is 1.09 bits per heavy atom. The van der Waals surface area contributed by atoms with Crippen molar-refractivity contribution in [1.29, 1.82) is 0 Å². The molecule has 3 N–H and O–H groups in total. The first-order valence-electron chi connectivity index (χ1n) is 31.2. The zero-order valence-electron chi connectivity index (χ0n) is 51.9. The van der Waals surface area contributed by atoms with E-state index in [1.165, 1.54) is 101 Å². The SMILES string of the molecule is CC(C)(C)OC(=O)NC1(c2ccc(Nc3nc(Cl)ccc3[N+](=O)[O-])cc2)CCC1.CC1(c2ccc(Nc3nc(-c4cccc(N5CCOCC5)n4)ccc3[N+](=O)[O-])cc2)CCC1.CCC[CH2][Sn]([CH2]CCC)([CH2]CCC)[c]1cccc(N2CCOCC2)n1. The molecule has 0 spiro atoms. The van der Waals surface area contributed by atoms with Gasteiger partial charge in [0.1, 0.15) is 16.6 Å². The number of morpholine rings is 2. The van der Waals surface area contributed by atoms with E-state index in [2.05, 4.69) is 93.7 Å². The number of amides is 1. The molecule has 0 radical (unpaired) electrons. The van der Waals surface area contributed by atoms with Crippen LogP contribution < -0.4 is 29.5 Å². The first-order chi connectivity index (χ1) is 41.8. The summed E-state index contributed by atoms with van der Waals surface area (Å²) in [5.74, 6) is 2.33. The van der Waals surface area contributed by atoms with E-state index < -0.39 is 45.5 Å². The van der Waals surface area contributed by atoms with Crippen LogP contribution in [-0.4, -0.2) is 112 Å². The molecule has 6 heterocycles. The van der Waals surface area contributed by atoms with Gasteiger partial charge in [-0.2, -0.15) is 0 Å². The van der Waals surface area contributed by atoms with Crippen LogP contribution in [0.25, 0.3) is 11.4 Å². The first-order valence-corrected chi connectivity index (χ1v) is 39.0. The molecule has 2 saturated heterocycles. The molecule has 4 fully saturated rings. The fourth-order valence-electron chi connectivity index (χ4n) is 11.6. The van der Waals surface area contributed by atoms with Gasteiger partial charge in [-0.1, -0.05) is 55.3 Å². The second kappa shape index (κ2) is 31.0. The summed E-state index contributed by atoms with van der Waals surface area (Å²) in [6.07, 6.45) is 14.0. The fraction of sp³-hybridized carbons (Fsp3) is 0.500. The van der Waals surface area contributed by atoms with Gasteiger partial charge in [0.25, 0.3) is 0 Å². The number of hydrogen-bond donors (Lipinski definition) is 3. The van der Waals surface area contributed by atoms with Crippen LogP contribution in [0.15, 0.2) is 109 Å². The number of carbonyl (C=O) groups is 1. The molecule has 4 aromatic heterocycles. The van der Waals surface area contributed by atoms with Crippen LogP contribution in [0, 0.1) is 20.2 Å². The van der Waals surface area contributed by atoms with Crippen molar-refractivity contribution in [2.45, 2.75) is 155 Å². The van der Waals surface area contributed by atoms with E-state index >= 15 is 0 Å². The summed E-state index contributed by atoms with van der Waals surface area (Å²) >= 11 is 3.46. The van der Waals surface area contributed by atoms with Gasteiger partial charge in [0.2, 0.25) is 11.6 Å². The molecule has 0 unspecified atom stereocenters. The minimum absolute atomic E-state index is 0.0699. The number of hydrogen-bond acceptors (Lipinski definition) is 16. The number of nitrogens with zero attached hydrogens (tertiary/aromatic N) is 8. The van der Waals surface area contributed by atoms with Crippen molar-refractivity contribution in [2.75, 3.05) is 73.0 Å². The summed E-state index contributed by atoms with van der Waals surface area (Å²) in [7, 11) is 0. The average Bonchev–Trinajstić information content (AvgIpc) is 2.26. The van der Waals surface area contributed by atoms with Crippen molar-refractivity contribution in [3.05, 3.63) is 146 Å². The topological polar surface area (TPSA) is 225 Å². The molecule has 0 bridgehead atoms. The molecule has 6 aromatic rings. The Morgan fingerprint density at radius 3 is 1.56 bits per heavy atom. The van der Waals surface area contributed by atoms with Crippen molar-refractivity contribution >= 4 is 85.8 Å². The molecule has 21 heteroatoms. The number of alkyl carbamates (subject to hydrolysis) is 1. The number of pyridine rings is 4. The third-order valence-electron chi connectivity index (χ3n) is 17.0. The van der Waals surface area contributed by atoms with Crippen molar-refractivity contribution in [2.24, 2.45) is 0 Å². The molecule has 1 amide bonds. The van der Waals surface area contributed by atoms with E-state index in [1.54, 1.807) is 21.9 Å². The number of benzene rings is 2. The minimum atomic E-state index is -2.40. The summed E-state index contributed by atoms with van der Waals surface area (Å²) in [6, 6.07) is 33.9. The number of aromatic nitrogens is 4. The van der Waals surface area contributed by atoms with Crippen molar-refractivity contribution in [3.8, 4) is 11.4 Å². The molecule has 10 rings (SSSR count). The number of halogens is 1. The first kappa shape index (κ1) is 66.3. The van der Waals surface area contributed by atoms with Crippen LogP contribution in [0.2, 0.25) is 18.5 Å². The molecule has 2 saturated carbocycles. The standard InChI is InChI=1S/C25H27N5O3.C20H23ClN4O4.C9H11N2O.3C4H9.Sn/c1-25(12-3-13-25)18-6-8-19(9-7-18)26-24-22(30(31)32)11-10-21(28-24)20-4-2-5-23(27-20)29-14-16-33-17-15-29;1-19(2,3)29-18(26)24-20(11-4-12-20)13-5-7-14(8-6-13)22-17-15(25(27)28)9-10-16(21)23-17;1-2-4-10-9(3-1)11-5-7-12-8-6-11;3*1-3-4-2;/h2,4-11H,3,12-17H2,1H3,(H,26,28);5-10H,4,11-12H2,1-3H3,(H,22,23)(H,24,26);1-3H,5-8H2;3*1,3-4H2,2H3;. The van der Waals surface area contributed by atoms with Gasteiger partial charge in [0.15, 0.2) is 0 Å². The van der Waals surface area contributed by atoms with Crippen LogP contribution in [0.1, 0.15) is 137 Å². The van der Waals surface area contributed by atoms with Gasteiger partial charge in [0.05, 0.1) is 40.0 Å². The van der Waals surface area contributed by atoms with Gasteiger partial charge in [0, 0.05) is 36.6 Å². The molecule has 2 aromatic carbocycles. The molecule has 4 aliphatic rings. The third-order valence-corrected chi connectivity index (χ3v) is 32.4. The van der Waals surface area contributed by atoms with Crippen LogP contribution in [0.3, 0.4) is 0 Å². The molecule has 0 atom stereocenters. The Labute approximate surface area is 522 Å². The number of nitrogens with one attached hydrogen (secondary N) is 3. The Kier molecular flexibility index (Phi) is 23.6. The number of nitro groups is 2. The molecule has 466 valence electrons. The quantitative estimate of drug-likeness (QED) is 0.0249. The predicted molar refractivity (Wildman–Crippen MR) is 350 cm³/mol. The van der Waals surface area contributed by atoms with Crippen LogP contribution in [0.4, 0.5) is 50.8 Å². The number of carbonyl (C=O) groups excluding carboxylic acids is 1. The summed E-state index contributed by atoms with van der Waals surface area (Å²) in [4.78, 5) is 57.4. The Balaban J connectivity index is 0.000000171. The Bertz CT molecular complexity index is 3200. The van der Waals surface area contributed by atoms with Gasteiger partial charge >= 0.3 is 177 Å². The molecule has 87 heavy (non-hydrogen) atoms. The van der Waals surface area contributed by atoms with Crippen molar-refractivity contribution in [3.63, 3.8) is 0 Å². The van der Waals surface area contributed by atoms with Gasteiger partial charge in [-0.15, -0.1) is 0 Å². The molecular formula is C66H88ClN11O8Sn. The molecule has 2 aliphatic carbocycles. The van der Waals surface area contributed by atoms with Crippen molar-refractivity contribution in [1.82, 2.24) is 25.3 Å². The van der Waals surface area contributed by atoms with E-state index in [-0.39, 0.29) is 33.6 Å².